The monoisotopic (exact) mass is 186 g/mol. The Balaban J connectivity index is 2.44. The number of aromatic nitrogens is 1. The molecule has 3 nitrogen and oxygen atoms in total. The zero-order chi connectivity index (χ0) is 8.97. The van der Waals surface area contributed by atoms with Gasteiger partial charge in [0, 0.05) is 23.2 Å². The predicted molar refractivity (Wildman–Crippen MR) is 50.2 cm³/mol. The largest absolute Gasteiger partial charge is 0.395 e. The number of aliphatic hydroxyl groups excluding tert-OH is 1. The maximum absolute atomic E-state index is 8.81. The van der Waals surface area contributed by atoms with E-state index in [1.165, 1.54) is 4.88 Å². The van der Waals surface area contributed by atoms with Crippen LogP contribution in [0.15, 0.2) is 11.7 Å². The van der Waals surface area contributed by atoms with Gasteiger partial charge in [0.1, 0.15) is 0 Å². The molecule has 0 fully saturated rings. The highest BCUT2D eigenvalue weighted by atomic mass is 32.1. The molecule has 1 rings (SSSR count). The highest BCUT2D eigenvalue weighted by molar-refractivity contribution is 7.09. The van der Waals surface area contributed by atoms with E-state index < -0.39 is 0 Å². The first-order valence-electron chi connectivity index (χ1n) is 3.99. The Morgan fingerprint density at radius 2 is 2.42 bits per heavy atom. The van der Waals surface area contributed by atoms with Gasteiger partial charge < -0.3 is 10.4 Å². The maximum Gasteiger partial charge on any atom is 0.0794 e. The van der Waals surface area contributed by atoms with Crippen LogP contribution in [0.4, 0.5) is 0 Å². The van der Waals surface area contributed by atoms with E-state index in [-0.39, 0.29) is 18.7 Å². The summed E-state index contributed by atoms with van der Waals surface area (Å²) in [6.45, 7) is 4.19. The van der Waals surface area contributed by atoms with Gasteiger partial charge in [0.15, 0.2) is 0 Å². The van der Waals surface area contributed by atoms with Crippen molar-refractivity contribution in [2.45, 2.75) is 25.9 Å². The average Bonchev–Trinajstić information content (AvgIpc) is 2.56. The molecular weight excluding hydrogens is 172 g/mol. The second-order valence-corrected chi connectivity index (χ2v) is 3.79. The van der Waals surface area contributed by atoms with Crippen LogP contribution >= 0.6 is 11.3 Å². The van der Waals surface area contributed by atoms with Gasteiger partial charge in [-0.3, -0.25) is 4.98 Å². The van der Waals surface area contributed by atoms with Gasteiger partial charge in [-0.1, -0.05) is 0 Å². The summed E-state index contributed by atoms with van der Waals surface area (Å²) in [4.78, 5) is 5.20. The summed E-state index contributed by atoms with van der Waals surface area (Å²) in [5, 5.41) is 12.1. The van der Waals surface area contributed by atoms with Crippen LogP contribution in [-0.4, -0.2) is 22.7 Å². The minimum Gasteiger partial charge on any atom is -0.395 e. The van der Waals surface area contributed by atoms with E-state index in [2.05, 4.69) is 17.2 Å². The number of nitrogens with zero attached hydrogens (tertiary/aromatic N) is 1. The SMILES string of the molecule is CC(N[C@H](C)CO)c1cncs1. The number of rotatable bonds is 4. The van der Waals surface area contributed by atoms with Crippen LogP contribution < -0.4 is 5.32 Å². The Hall–Kier alpha value is -0.450. The summed E-state index contributed by atoms with van der Waals surface area (Å²) in [7, 11) is 0. The van der Waals surface area contributed by atoms with Gasteiger partial charge in [0.2, 0.25) is 0 Å². The fourth-order valence-electron chi connectivity index (χ4n) is 1.00. The maximum atomic E-state index is 8.81. The number of hydrogen-bond acceptors (Lipinski definition) is 4. The summed E-state index contributed by atoms with van der Waals surface area (Å²) < 4.78 is 0. The molecule has 0 amide bonds. The Bertz CT molecular complexity index is 213. The molecule has 0 aromatic carbocycles. The highest BCUT2D eigenvalue weighted by Gasteiger charge is 2.09. The molecule has 0 aliphatic carbocycles. The van der Waals surface area contributed by atoms with Crippen molar-refractivity contribution in [2.24, 2.45) is 0 Å². The van der Waals surface area contributed by atoms with E-state index >= 15 is 0 Å². The van der Waals surface area contributed by atoms with Gasteiger partial charge in [-0.05, 0) is 13.8 Å². The molecule has 1 aromatic heterocycles. The highest BCUT2D eigenvalue weighted by Crippen LogP contribution is 2.16. The molecule has 68 valence electrons. The summed E-state index contributed by atoms with van der Waals surface area (Å²) in [6, 6.07) is 0.418. The zero-order valence-corrected chi connectivity index (χ0v) is 8.14. The Labute approximate surface area is 76.5 Å². The number of thiazole rings is 1. The van der Waals surface area contributed by atoms with E-state index in [9.17, 15) is 0 Å². The second kappa shape index (κ2) is 4.54. The standard InChI is InChI=1S/C8H14N2OS/c1-6(4-11)10-7(2)8-3-9-5-12-8/h3,5-7,10-11H,4H2,1-2H3/t6-,7?/m1/s1. The third kappa shape index (κ3) is 2.55. The van der Waals surface area contributed by atoms with Crippen LogP contribution in [0.5, 0.6) is 0 Å². The summed E-state index contributed by atoms with van der Waals surface area (Å²) in [6.07, 6.45) is 1.85. The first kappa shape index (κ1) is 9.64. The lowest BCUT2D eigenvalue weighted by molar-refractivity contribution is 0.243. The molecule has 2 atom stereocenters. The minimum atomic E-state index is 0.141. The first-order chi connectivity index (χ1) is 5.74. The fourth-order valence-corrected chi connectivity index (χ4v) is 1.64. The van der Waals surface area contributed by atoms with E-state index in [4.69, 9.17) is 5.11 Å². The molecule has 0 aliphatic rings. The summed E-state index contributed by atoms with van der Waals surface area (Å²) in [5.41, 5.74) is 1.82. The molecule has 12 heavy (non-hydrogen) atoms. The van der Waals surface area contributed by atoms with Crippen LogP contribution in [0.2, 0.25) is 0 Å². The van der Waals surface area contributed by atoms with Crippen LogP contribution in [0.3, 0.4) is 0 Å². The van der Waals surface area contributed by atoms with Gasteiger partial charge in [-0.15, -0.1) is 11.3 Å². The van der Waals surface area contributed by atoms with E-state index in [1.807, 2.05) is 18.6 Å². The van der Waals surface area contributed by atoms with Crippen molar-refractivity contribution >= 4 is 11.3 Å². The molecular formula is C8H14N2OS. The number of nitrogens with one attached hydrogen (secondary N) is 1. The molecule has 1 unspecified atom stereocenters. The third-order valence-corrected chi connectivity index (χ3v) is 2.64. The molecule has 0 aliphatic heterocycles. The zero-order valence-electron chi connectivity index (χ0n) is 7.32. The van der Waals surface area contributed by atoms with Crippen LogP contribution in [-0.2, 0) is 0 Å². The van der Waals surface area contributed by atoms with E-state index in [1.54, 1.807) is 11.3 Å². The molecule has 0 radical (unpaired) electrons. The topological polar surface area (TPSA) is 45.1 Å². The molecule has 0 saturated carbocycles. The van der Waals surface area contributed by atoms with Gasteiger partial charge in [0.05, 0.1) is 12.1 Å². The van der Waals surface area contributed by atoms with Crippen molar-refractivity contribution < 1.29 is 5.11 Å². The molecule has 0 spiro atoms. The predicted octanol–water partition coefficient (Wildman–Crippen LogP) is 1.17. The van der Waals surface area contributed by atoms with Crippen molar-refractivity contribution in [3.05, 3.63) is 16.6 Å². The lowest BCUT2D eigenvalue weighted by Crippen LogP contribution is -2.31. The normalized spacial score (nSPS) is 15.9. The number of hydrogen-bond donors (Lipinski definition) is 2. The van der Waals surface area contributed by atoms with Gasteiger partial charge >= 0.3 is 0 Å². The number of aliphatic hydroxyl groups is 1. The fraction of sp³-hybridized carbons (Fsp3) is 0.625. The smallest absolute Gasteiger partial charge is 0.0794 e. The second-order valence-electron chi connectivity index (χ2n) is 2.88. The summed E-state index contributed by atoms with van der Waals surface area (Å²) in [5.74, 6) is 0. The molecule has 1 aromatic rings. The van der Waals surface area contributed by atoms with Crippen molar-refractivity contribution in [3.8, 4) is 0 Å². The van der Waals surface area contributed by atoms with E-state index in [0.717, 1.165) is 0 Å². The Morgan fingerprint density at radius 1 is 1.67 bits per heavy atom. The third-order valence-electron chi connectivity index (χ3n) is 1.69. The van der Waals surface area contributed by atoms with Crippen molar-refractivity contribution in [2.75, 3.05) is 6.61 Å². The minimum absolute atomic E-state index is 0.141. The van der Waals surface area contributed by atoms with Crippen molar-refractivity contribution in [1.29, 1.82) is 0 Å². The lowest BCUT2D eigenvalue weighted by atomic mass is 10.2. The summed E-state index contributed by atoms with van der Waals surface area (Å²) >= 11 is 1.63. The quantitative estimate of drug-likeness (QED) is 0.742. The van der Waals surface area contributed by atoms with Gasteiger partial charge in [-0.2, -0.15) is 0 Å². The van der Waals surface area contributed by atoms with Gasteiger partial charge in [0.25, 0.3) is 0 Å². The van der Waals surface area contributed by atoms with Crippen LogP contribution in [0.1, 0.15) is 24.8 Å². The first-order valence-corrected chi connectivity index (χ1v) is 4.87. The Morgan fingerprint density at radius 3 is 2.92 bits per heavy atom. The lowest BCUT2D eigenvalue weighted by Gasteiger charge is -2.16. The van der Waals surface area contributed by atoms with Crippen molar-refractivity contribution in [1.82, 2.24) is 10.3 Å². The Kier molecular flexibility index (Phi) is 3.65. The van der Waals surface area contributed by atoms with E-state index in [0.29, 0.717) is 0 Å². The average molecular weight is 186 g/mol. The molecule has 1 heterocycles. The van der Waals surface area contributed by atoms with Crippen molar-refractivity contribution in [3.63, 3.8) is 0 Å². The molecule has 0 saturated heterocycles. The molecule has 4 heteroatoms. The van der Waals surface area contributed by atoms with Crippen LogP contribution in [0.25, 0.3) is 0 Å². The van der Waals surface area contributed by atoms with Gasteiger partial charge in [-0.25, -0.2) is 0 Å². The molecule has 2 N–H and O–H groups in total. The molecule has 0 bridgehead atoms. The van der Waals surface area contributed by atoms with Crippen LogP contribution in [0, 0.1) is 0 Å².